The van der Waals surface area contributed by atoms with Gasteiger partial charge in [-0.05, 0) is 38.6 Å². The van der Waals surface area contributed by atoms with Crippen molar-refractivity contribution in [2.75, 3.05) is 7.05 Å². The molecule has 2 N–H and O–H groups in total. The molecule has 0 saturated carbocycles. The number of hydrogen-bond acceptors (Lipinski definition) is 2. The van der Waals surface area contributed by atoms with E-state index in [2.05, 4.69) is 19.2 Å². The van der Waals surface area contributed by atoms with E-state index in [0.29, 0.717) is 5.75 Å². The first-order valence-corrected chi connectivity index (χ1v) is 4.04. The summed E-state index contributed by atoms with van der Waals surface area (Å²) in [5.41, 5.74) is 1.14. The fourth-order valence-electron chi connectivity index (χ4n) is 1.02. The van der Waals surface area contributed by atoms with Gasteiger partial charge in [0.2, 0.25) is 0 Å². The number of nitrogens with one attached hydrogen (secondary N) is 1. The zero-order valence-corrected chi connectivity index (χ0v) is 7.76. The third-order valence-corrected chi connectivity index (χ3v) is 2.21. The van der Waals surface area contributed by atoms with Crippen molar-refractivity contribution in [2.45, 2.75) is 19.4 Å². The molecule has 66 valence electrons. The highest BCUT2D eigenvalue weighted by molar-refractivity contribution is 5.29. The quantitative estimate of drug-likeness (QED) is 0.701. The minimum atomic E-state index is -0.0340. The molecule has 0 fully saturated rings. The van der Waals surface area contributed by atoms with Gasteiger partial charge in [0.25, 0.3) is 0 Å². The topological polar surface area (TPSA) is 32.3 Å². The molecule has 0 amide bonds. The van der Waals surface area contributed by atoms with E-state index in [0.717, 1.165) is 0 Å². The first-order chi connectivity index (χ1) is 5.56. The summed E-state index contributed by atoms with van der Waals surface area (Å²) < 4.78 is 0. The van der Waals surface area contributed by atoms with Crippen LogP contribution in [0.1, 0.15) is 19.4 Å². The molecule has 0 heterocycles. The van der Waals surface area contributed by atoms with Gasteiger partial charge in [0, 0.05) is 5.54 Å². The molecule has 0 radical (unpaired) electrons. The maximum Gasteiger partial charge on any atom is 0.115 e. The van der Waals surface area contributed by atoms with Crippen molar-refractivity contribution in [1.29, 1.82) is 0 Å². The molecule has 12 heavy (non-hydrogen) atoms. The SMILES string of the molecule is CNC(C)(C)c1ccc(O)cc1. The van der Waals surface area contributed by atoms with E-state index in [1.54, 1.807) is 12.1 Å². The lowest BCUT2D eigenvalue weighted by molar-refractivity contribution is 0.441. The summed E-state index contributed by atoms with van der Waals surface area (Å²) in [5, 5.41) is 12.3. The summed E-state index contributed by atoms with van der Waals surface area (Å²) in [6.45, 7) is 4.19. The van der Waals surface area contributed by atoms with Gasteiger partial charge in [-0.1, -0.05) is 12.1 Å². The Kier molecular flexibility index (Phi) is 2.38. The Hall–Kier alpha value is -1.02. The van der Waals surface area contributed by atoms with Gasteiger partial charge >= 0.3 is 0 Å². The molecule has 0 aliphatic heterocycles. The van der Waals surface area contributed by atoms with Gasteiger partial charge in [0.05, 0.1) is 0 Å². The molecule has 0 bridgehead atoms. The second kappa shape index (κ2) is 3.15. The van der Waals surface area contributed by atoms with E-state index in [9.17, 15) is 0 Å². The van der Waals surface area contributed by atoms with Gasteiger partial charge in [0.1, 0.15) is 5.75 Å². The highest BCUT2D eigenvalue weighted by Gasteiger charge is 2.16. The number of benzene rings is 1. The van der Waals surface area contributed by atoms with Gasteiger partial charge in [-0.15, -0.1) is 0 Å². The molecule has 1 rings (SSSR count). The second-order valence-electron chi connectivity index (χ2n) is 3.42. The third kappa shape index (κ3) is 1.77. The smallest absolute Gasteiger partial charge is 0.115 e. The van der Waals surface area contributed by atoms with Gasteiger partial charge < -0.3 is 10.4 Å². The molecule has 2 nitrogen and oxygen atoms in total. The van der Waals surface area contributed by atoms with Gasteiger partial charge in [-0.25, -0.2) is 0 Å². The molecule has 0 spiro atoms. The Morgan fingerprint density at radius 1 is 1.17 bits per heavy atom. The van der Waals surface area contributed by atoms with Crippen LogP contribution in [0.25, 0.3) is 0 Å². The summed E-state index contributed by atoms with van der Waals surface area (Å²) in [6, 6.07) is 7.25. The third-order valence-electron chi connectivity index (χ3n) is 2.21. The van der Waals surface area contributed by atoms with Crippen LogP contribution in [0.4, 0.5) is 0 Å². The number of phenolic OH excluding ortho intramolecular Hbond substituents is 1. The number of rotatable bonds is 2. The first kappa shape index (κ1) is 9.07. The zero-order chi connectivity index (χ0) is 9.19. The van der Waals surface area contributed by atoms with Crippen LogP contribution < -0.4 is 5.32 Å². The van der Waals surface area contributed by atoms with Gasteiger partial charge in [-0.2, -0.15) is 0 Å². The van der Waals surface area contributed by atoms with E-state index >= 15 is 0 Å². The summed E-state index contributed by atoms with van der Waals surface area (Å²) >= 11 is 0. The summed E-state index contributed by atoms with van der Waals surface area (Å²) in [6.07, 6.45) is 0. The first-order valence-electron chi connectivity index (χ1n) is 4.04. The lowest BCUT2D eigenvalue weighted by Gasteiger charge is -2.24. The van der Waals surface area contributed by atoms with Crippen LogP contribution in [0.5, 0.6) is 5.75 Å². The van der Waals surface area contributed by atoms with Crippen molar-refractivity contribution in [3.63, 3.8) is 0 Å². The Bertz CT molecular complexity index is 251. The fraction of sp³-hybridized carbons (Fsp3) is 0.400. The summed E-state index contributed by atoms with van der Waals surface area (Å²) in [4.78, 5) is 0. The second-order valence-corrected chi connectivity index (χ2v) is 3.42. The predicted molar refractivity (Wildman–Crippen MR) is 50.2 cm³/mol. The Labute approximate surface area is 73.2 Å². The van der Waals surface area contributed by atoms with Gasteiger partial charge in [-0.3, -0.25) is 0 Å². The van der Waals surface area contributed by atoms with E-state index in [-0.39, 0.29) is 5.54 Å². The normalized spacial score (nSPS) is 11.6. The Morgan fingerprint density at radius 3 is 2.08 bits per heavy atom. The van der Waals surface area contributed by atoms with Crippen LogP contribution in [0.15, 0.2) is 24.3 Å². The van der Waals surface area contributed by atoms with Crippen molar-refractivity contribution < 1.29 is 5.11 Å². The minimum Gasteiger partial charge on any atom is -0.508 e. The van der Waals surface area contributed by atoms with Gasteiger partial charge in [0.15, 0.2) is 0 Å². The molecular formula is C10H15NO. The lowest BCUT2D eigenvalue weighted by Crippen LogP contribution is -2.32. The average molecular weight is 165 g/mol. The van der Waals surface area contributed by atoms with E-state index in [4.69, 9.17) is 5.11 Å². The van der Waals surface area contributed by atoms with E-state index in [1.807, 2.05) is 19.2 Å². The van der Waals surface area contributed by atoms with E-state index < -0.39 is 0 Å². The predicted octanol–water partition coefficient (Wildman–Crippen LogP) is 1.85. The number of hydrogen-bond donors (Lipinski definition) is 2. The van der Waals surface area contributed by atoms with Crippen LogP contribution in [-0.2, 0) is 5.54 Å². The standard InChI is InChI=1S/C10H15NO/c1-10(2,11-3)8-4-6-9(12)7-5-8/h4-7,11-12H,1-3H3. The molecule has 0 aromatic heterocycles. The zero-order valence-electron chi connectivity index (χ0n) is 7.76. The fourth-order valence-corrected chi connectivity index (χ4v) is 1.02. The maximum absolute atomic E-state index is 9.07. The number of aromatic hydroxyl groups is 1. The van der Waals surface area contributed by atoms with Crippen LogP contribution in [-0.4, -0.2) is 12.2 Å². The number of phenols is 1. The highest BCUT2D eigenvalue weighted by atomic mass is 16.3. The molecule has 1 aromatic carbocycles. The molecule has 1 aromatic rings. The highest BCUT2D eigenvalue weighted by Crippen LogP contribution is 2.21. The van der Waals surface area contributed by atoms with Crippen molar-refractivity contribution in [1.82, 2.24) is 5.32 Å². The largest absolute Gasteiger partial charge is 0.508 e. The molecule has 0 aliphatic carbocycles. The summed E-state index contributed by atoms with van der Waals surface area (Å²) in [7, 11) is 1.92. The Morgan fingerprint density at radius 2 is 1.67 bits per heavy atom. The van der Waals surface area contributed by atoms with Crippen LogP contribution in [0, 0.1) is 0 Å². The minimum absolute atomic E-state index is 0.0340. The average Bonchev–Trinajstić information content (AvgIpc) is 2.05. The van der Waals surface area contributed by atoms with Crippen molar-refractivity contribution in [2.24, 2.45) is 0 Å². The van der Waals surface area contributed by atoms with Crippen molar-refractivity contribution >= 4 is 0 Å². The monoisotopic (exact) mass is 165 g/mol. The van der Waals surface area contributed by atoms with Crippen molar-refractivity contribution in [3.8, 4) is 5.75 Å². The molecule has 0 unspecified atom stereocenters. The van der Waals surface area contributed by atoms with E-state index in [1.165, 1.54) is 5.56 Å². The molecule has 2 heteroatoms. The molecule has 0 saturated heterocycles. The Balaban J connectivity index is 2.96. The van der Waals surface area contributed by atoms with Crippen molar-refractivity contribution in [3.05, 3.63) is 29.8 Å². The lowest BCUT2D eigenvalue weighted by atomic mass is 9.95. The molecule has 0 atom stereocenters. The molecule has 0 aliphatic rings. The van der Waals surface area contributed by atoms with Crippen LogP contribution in [0.2, 0.25) is 0 Å². The molecular weight excluding hydrogens is 150 g/mol. The maximum atomic E-state index is 9.07. The van der Waals surface area contributed by atoms with Crippen LogP contribution >= 0.6 is 0 Å². The van der Waals surface area contributed by atoms with Crippen LogP contribution in [0.3, 0.4) is 0 Å². The summed E-state index contributed by atoms with van der Waals surface area (Å²) in [5.74, 6) is 0.311.